The zero-order chi connectivity index (χ0) is 6.27. The van der Waals surface area contributed by atoms with Gasteiger partial charge in [-0.05, 0) is 37.3 Å². The van der Waals surface area contributed by atoms with Crippen molar-refractivity contribution >= 4 is 0 Å². The fourth-order valence-electron chi connectivity index (χ4n) is 1.21. The Balaban J connectivity index is 2.35. The van der Waals surface area contributed by atoms with Crippen LogP contribution >= 0.6 is 0 Å². The second kappa shape index (κ2) is 1.63. The molecule has 1 fully saturated rings. The maximum atomic E-state index is 5.17. The number of rotatable bonds is 1. The van der Waals surface area contributed by atoms with Gasteiger partial charge < -0.3 is 4.42 Å². The van der Waals surface area contributed by atoms with Crippen molar-refractivity contribution in [2.75, 3.05) is 0 Å². The molecule has 48 valence electrons. The van der Waals surface area contributed by atoms with E-state index in [0.29, 0.717) is 0 Å². The lowest BCUT2D eigenvalue weighted by molar-refractivity contribution is 0.530. The summed E-state index contributed by atoms with van der Waals surface area (Å²) >= 11 is 0. The van der Waals surface area contributed by atoms with Gasteiger partial charge >= 0.3 is 0 Å². The zero-order valence-electron chi connectivity index (χ0n) is 5.55. The Hall–Kier alpha value is -0.720. The Morgan fingerprint density at radius 3 is 2.78 bits per heavy atom. The summed E-state index contributed by atoms with van der Waals surface area (Å²) in [7, 11) is 0. The van der Waals surface area contributed by atoms with Crippen LogP contribution in [0.3, 0.4) is 0 Å². The molecule has 1 heterocycles. The fourth-order valence-corrected chi connectivity index (χ4v) is 1.21. The molecule has 1 saturated carbocycles. The Labute approximate surface area is 54.7 Å². The van der Waals surface area contributed by atoms with Gasteiger partial charge in [0.25, 0.3) is 0 Å². The molecule has 0 atom stereocenters. The largest absolute Gasteiger partial charge is 0.469 e. The molecular formula is C8H10O. The van der Waals surface area contributed by atoms with Gasteiger partial charge in [-0.2, -0.15) is 0 Å². The van der Waals surface area contributed by atoms with E-state index in [1.54, 1.807) is 6.26 Å². The van der Waals surface area contributed by atoms with E-state index in [0.717, 1.165) is 11.7 Å². The maximum absolute atomic E-state index is 5.17. The highest BCUT2D eigenvalue weighted by atomic mass is 16.3. The quantitative estimate of drug-likeness (QED) is 0.557. The minimum atomic E-state index is 0.837. The van der Waals surface area contributed by atoms with Crippen LogP contribution in [0, 0.1) is 6.92 Å². The molecule has 1 aromatic heterocycles. The third-order valence-corrected chi connectivity index (χ3v) is 1.92. The lowest BCUT2D eigenvalue weighted by Crippen LogP contribution is -1.75. The highest BCUT2D eigenvalue weighted by molar-refractivity contribution is 5.24. The van der Waals surface area contributed by atoms with Crippen molar-refractivity contribution in [3.8, 4) is 0 Å². The Bertz CT molecular complexity index is 208. The van der Waals surface area contributed by atoms with E-state index in [-0.39, 0.29) is 0 Å². The van der Waals surface area contributed by atoms with Crippen LogP contribution < -0.4 is 0 Å². The minimum Gasteiger partial charge on any atom is -0.469 e. The summed E-state index contributed by atoms with van der Waals surface area (Å²) in [5.41, 5.74) is 1.43. The first-order chi connectivity index (χ1) is 4.38. The SMILES string of the molecule is Cc1occc1C1CC1. The normalized spacial score (nSPS) is 18.3. The van der Waals surface area contributed by atoms with E-state index in [2.05, 4.69) is 6.07 Å². The predicted molar refractivity (Wildman–Crippen MR) is 35.4 cm³/mol. The predicted octanol–water partition coefficient (Wildman–Crippen LogP) is 2.47. The summed E-state index contributed by atoms with van der Waals surface area (Å²) in [6.07, 6.45) is 4.50. The molecular weight excluding hydrogens is 112 g/mol. The van der Waals surface area contributed by atoms with Crippen molar-refractivity contribution in [1.29, 1.82) is 0 Å². The van der Waals surface area contributed by atoms with Gasteiger partial charge in [-0.3, -0.25) is 0 Å². The fraction of sp³-hybridized carbons (Fsp3) is 0.500. The Morgan fingerprint density at radius 1 is 1.56 bits per heavy atom. The molecule has 9 heavy (non-hydrogen) atoms. The van der Waals surface area contributed by atoms with Crippen LogP contribution in [0.4, 0.5) is 0 Å². The summed E-state index contributed by atoms with van der Waals surface area (Å²) in [6, 6.07) is 2.09. The molecule has 1 aromatic rings. The molecule has 0 bridgehead atoms. The van der Waals surface area contributed by atoms with Gasteiger partial charge in [-0.1, -0.05) is 0 Å². The van der Waals surface area contributed by atoms with E-state index in [9.17, 15) is 0 Å². The molecule has 0 aromatic carbocycles. The van der Waals surface area contributed by atoms with Crippen LogP contribution in [-0.2, 0) is 0 Å². The van der Waals surface area contributed by atoms with Crippen molar-refractivity contribution in [2.45, 2.75) is 25.7 Å². The molecule has 0 N–H and O–H groups in total. The van der Waals surface area contributed by atoms with E-state index in [1.165, 1.54) is 18.4 Å². The lowest BCUT2D eigenvalue weighted by Gasteiger charge is -1.89. The minimum absolute atomic E-state index is 0.837. The highest BCUT2D eigenvalue weighted by Crippen LogP contribution is 2.41. The second-order valence-electron chi connectivity index (χ2n) is 2.71. The topological polar surface area (TPSA) is 13.1 Å². The van der Waals surface area contributed by atoms with Gasteiger partial charge in [0.15, 0.2) is 0 Å². The highest BCUT2D eigenvalue weighted by Gasteiger charge is 2.25. The molecule has 2 rings (SSSR count). The molecule has 0 aliphatic heterocycles. The number of aryl methyl sites for hydroxylation is 1. The van der Waals surface area contributed by atoms with Crippen LogP contribution in [0.2, 0.25) is 0 Å². The van der Waals surface area contributed by atoms with Gasteiger partial charge in [0.05, 0.1) is 6.26 Å². The van der Waals surface area contributed by atoms with Gasteiger partial charge in [0.1, 0.15) is 5.76 Å². The summed E-state index contributed by atoms with van der Waals surface area (Å²) in [5, 5.41) is 0. The molecule has 1 aliphatic rings. The first-order valence-electron chi connectivity index (χ1n) is 3.42. The molecule has 0 radical (unpaired) electrons. The summed E-state index contributed by atoms with van der Waals surface area (Å²) in [4.78, 5) is 0. The molecule has 0 unspecified atom stereocenters. The van der Waals surface area contributed by atoms with Crippen molar-refractivity contribution in [3.05, 3.63) is 23.7 Å². The Kier molecular flexibility index (Phi) is 0.922. The standard InChI is InChI=1S/C8H10O/c1-6-8(4-5-9-6)7-2-3-7/h4-5,7H,2-3H2,1H3. The van der Waals surface area contributed by atoms with Crippen molar-refractivity contribution < 1.29 is 4.42 Å². The number of furan rings is 1. The van der Waals surface area contributed by atoms with E-state index in [1.807, 2.05) is 6.92 Å². The number of hydrogen-bond acceptors (Lipinski definition) is 1. The number of hydrogen-bond donors (Lipinski definition) is 0. The monoisotopic (exact) mass is 122 g/mol. The molecule has 0 amide bonds. The molecule has 0 saturated heterocycles. The molecule has 0 spiro atoms. The van der Waals surface area contributed by atoms with E-state index < -0.39 is 0 Å². The van der Waals surface area contributed by atoms with Crippen LogP contribution in [0.15, 0.2) is 16.7 Å². The van der Waals surface area contributed by atoms with Crippen LogP contribution in [0.1, 0.15) is 30.1 Å². The average Bonchev–Trinajstić information content (AvgIpc) is 2.58. The zero-order valence-corrected chi connectivity index (χ0v) is 5.55. The van der Waals surface area contributed by atoms with Crippen molar-refractivity contribution in [3.63, 3.8) is 0 Å². The van der Waals surface area contributed by atoms with Gasteiger partial charge in [0.2, 0.25) is 0 Å². The van der Waals surface area contributed by atoms with Gasteiger partial charge in [-0.25, -0.2) is 0 Å². The third kappa shape index (κ3) is 0.766. The van der Waals surface area contributed by atoms with E-state index in [4.69, 9.17) is 4.42 Å². The molecule has 1 aliphatic carbocycles. The lowest BCUT2D eigenvalue weighted by atomic mass is 10.2. The van der Waals surface area contributed by atoms with Crippen molar-refractivity contribution in [2.24, 2.45) is 0 Å². The second-order valence-corrected chi connectivity index (χ2v) is 2.71. The first kappa shape index (κ1) is 5.10. The van der Waals surface area contributed by atoms with E-state index >= 15 is 0 Å². The van der Waals surface area contributed by atoms with Crippen LogP contribution in [-0.4, -0.2) is 0 Å². The van der Waals surface area contributed by atoms with Crippen LogP contribution in [0.5, 0.6) is 0 Å². The average molecular weight is 122 g/mol. The van der Waals surface area contributed by atoms with Gasteiger partial charge in [-0.15, -0.1) is 0 Å². The van der Waals surface area contributed by atoms with Crippen LogP contribution in [0.25, 0.3) is 0 Å². The first-order valence-corrected chi connectivity index (χ1v) is 3.42. The smallest absolute Gasteiger partial charge is 0.104 e. The molecule has 1 heteroatoms. The summed E-state index contributed by atoms with van der Waals surface area (Å²) in [6.45, 7) is 2.04. The summed E-state index contributed by atoms with van der Waals surface area (Å²) in [5.74, 6) is 1.95. The van der Waals surface area contributed by atoms with Crippen molar-refractivity contribution in [1.82, 2.24) is 0 Å². The summed E-state index contributed by atoms with van der Waals surface area (Å²) < 4.78 is 5.17. The Morgan fingerprint density at radius 2 is 2.33 bits per heavy atom. The third-order valence-electron chi connectivity index (χ3n) is 1.92. The molecule has 1 nitrogen and oxygen atoms in total. The van der Waals surface area contributed by atoms with Gasteiger partial charge in [0, 0.05) is 0 Å². The maximum Gasteiger partial charge on any atom is 0.104 e.